The topological polar surface area (TPSA) is 87.1 Å². The maximum Gasteiger partial charge on any atom is 0.290 e. The zero-order chi connectivity index (χ0) is 20.3. The summed E-state index contributed by atoms with van der Waals surface area (Å²) in [5, 5.41) is 21.9. The van der Waals surface area contributed by atoms with Crippen molar-refractivity contribution in [2.45, 2.75) is 32.4 Å². The van der Waals surface area contributed by atoms with Gasteiger partial charge >= 0.3 is 0 Å². The van der Waals surface area contributed by atoms with Crippen molar-refractivity contribution in [2.24, 2.45) is 0 Å². The SMILES string of the molecule is CC(C)OCCCN1C(=O)C(O)=C(C(=O)c2cccs2)[C@@H]1c1ccc(O)cc1. The molecule has 0 unspecified atom stereocenters. The largest absolute Gasteiger partial charge is 0.508 e. The highest BCUT2D eigenvalue weighted by Gasteiger charge is 2.43. The van der Waals surface area contributed by atoms with E-state index in [-0.39, 0.29) is 23.2 Å². The van der Waals surface area contributed by atoms with Gasteiger partial charge in [-0.25, -0.2) is 0 Å². The van der Waals surface area contributed by atoms with E-state index in [2.05, 4.69) is 0 Å². The number of hydrogen-bond acceptors (Lipinski definition) is 6. The Morgan fingerprint density at radius 2 is 1.93 bits per heavy atom. The molecule has 0 bridgehead atoms. The van der Waals surface area contributed by atoms with Gasteiger partial charge in [0.2, 0.25) is 5.78 Å². The van der Waals surface area contributed by atoms with E-state index in [1.54, 1.807) is 29.6 Å². The van der Waals surface area contributed by atoms with Crippen molar-refractivity contribution >= 4 is 23.0 Å². The second-order valence-electron chi connectivity index (χ2n) is 6.83. The Labute approximate surface area is 167 Å². The van der Waals surface area contributed by atoms with Crippen molar-refractivity contribution in [3.63, 3.8) is 0 Å². The molecule has 7 heteroatoms. The second-order valence-corrected chi connectivity index (χ2v) is 7.78. The number of phenolic OH excluding ortho intramolecular Hbond substituents is 1. The molecule has 1 aromatic heterocycles. The van der Waals surface area contributed by atoms with E-state index in [1.807, 2.05) is 13.8 Å². The molecule has 6 nitrogen and oxygen atoms in total. The Hall–Kier alpha value is -2.64. The molecule has 1 amide bonds. The highest BCUT2D eigenvalue weighted by molar-refractivity contribution is 7.12. The number of aliphatic hydroxyl groups is 1. The maximum atomic E-state index is 13.0. The molecule has 148 valence electrons. The van der Waals surface area contributed by atoms with Gasteiger partial charge < -0.3 is 19.8 Å². The first kappa shape index (κ1) is 20.1. The number of carbonyl (C=O) groups is 2. The van der Waals surface area contributed by atoms with Crippen LogP contribution in [-0.4, -0.2) is 46.1 Å². The average molecular weight is 401 g/mol. The minimum absolute atomic E-state index is 0.0721. The maximum absolute atomic E-state index is 13.0. The Kier molecular flexibility index (Phi) is 6.16. The summed E-state index contributed by atoms with van der Waals surface area (Å²) in [4.78, 5) is 27.7. The van der Waals surface area contributed by atoms with Gasteiger partial charge in [0.15, 0.2) is 5.76 Å². The minimum Gasteiger partial charge on any atom is -0.508 e. The van der Waals surface area contributed by atoms with Crippen molar-refractivity contribution in [3.05, 3.63) is 63.6 Å². The lowest BCUT2D eigenvalue weighted by molar-refractivity contribution is -0.129. The van der Waals surface area contributed by atoms with Crippen LogP contribution in [0.25, 0.3) is 0 Å². The van der Waals surface area contributed by atoms with Crippen molar-refractivity contribution in [3.8, 4) is 5.75 Å². The van der Waals surface area contributed by atoms with Crippen molar-refractivity contribution in [2.75, 3.05) is 13.2 Å². The Balaban J connectivity index is 1.93. The van der Waals surface area contributed by atoms with Gasteiger partial charge in [-0.3, -0.25) is 9.59 Å². The van der Waals surface area contributed by atoms with Gasteiger partial charge in [0, 0.05) is 13.2 Å². The molecule has 0 spiro atoms. The van der Waals surface area contributed by atoms with Crippen LogP contribution >= 0.6 is 11.3 Å². The number of thiophene rings is 1. The van der Waals surface area contributed by atoms with Crippen LogP contribution in [0.5, 0.6) is 5.75 Å². The first-order chi connectivity index (χ1) is 13.4. The third kappa shape index (κ3) is 4.10. The number of hydrogen-bond donors (Lipinski definition) is 2. The number of benzene rings is 1. The molecule has 2 heterocycles. The summed E-state index contributed by atoms with van der Waals surface area (Å²) in [6.07, 6.45) is 0.663. The van der Waals surface area contributed by atoms with Crippen LogP contribution in [0.3, 0.4) is 0 Å². The molecular formula is C21H23NO5S. The third-order valence-corrected chi connectivity index (χ3v) is 5.37. The molecular weight excluding hydrogens is 378 g/mol. The molecule has 0 saturated carbocycles. The van der Waals surface area contributed by atoms with Crippen LogP contribution in [0.1, 0.15) is 41.5 Å². The van der Waals surface area contributed by atoms with E-state index >= 15 is 0 Å². The summed E-state index contributed by atoms with van der Waals surface area (Å²) in [5.74, 6) is -1.35. The smallest absolute Gasteiger partial charge is 0.290 e. The fourth-order valence-electron chi connectivity index (χ4n) is 3.21. The van der Waals surface area contributed by atoms with Gasteiger partial charge in [-0.15, -0.1) is 11.3 Å². The Morgan fingerprint density at radius 3 is 2.54 bits per heavy atom. The molecule has 2 N–H and O–H groups in total. The second kappa shape index (κ2) is 8.58. The summed E-state index contributed by atoms with van der Waals surface area (Å²) in [7, 11) is 0. The number of ether oxygens (including phenoxy) is 1. The first-order valence-electron chi connectivity index (χ1n) is 9.13. The summed E-state index contributed by atoms with van der Waals surface area (Å²) in [6.45, 7) is 4.68. The molecule has 1 atom stereocenters. The van der Waals surface area contributed by atoms with Gasteiger partial charge in [0.05, 0.1) is 22.6 Å². The minimum atomic E-state index is -0.707. The molecule has 1 aliphatic heterocycles. The number of nitrogens with zero attached hydrogens (tertiary/aromatic N) is 1. The van der Waals surface area contributed by atoms with E-state index in [1.165, 1.54) is 28.4 Å². The standard InChI is InChI=1S/C21H23NO5S/c1-13(2)27-11-4-10-22-18(14-6-8-15(23)9-7-14)17(20(25)21(22)26)19(24)16-5-3-12-28-16/h3,5-9,12-13,18,23,25H,4,10-11H2,1-2H3/t18-/m0/s1. The third-order valence-electron chi connectivity index (χ3n) is 4.50. The zero-order valence-corrected chi connectivity index (χ0v) is 16.6. The molecule has 1 aromatic carbocycles. The van der Waals surface area contributed by atoms with Crippen LogP contribution in [0, 0.1) is 0 Å². The number of rotatable bonds is 8. The van der Waals surface area contributed by atoms with E-state index in [0.29, 0.717) is 30.0 Å². The fourth-order valence-corrected chi connectivity index (χ4v) is 3.89. The van der Waals surface area contributed by atoms with Gasteiger partial charge in [-0.2, -0.15) is 0 Å². The Bertz CT molecular complexity index is 871. The van der Waals surface area contributed by atoms with E-state index < -0.39 is 17.7 Å². The van der Waals surface area contributed by atoms with Crippen molar-refractivity contribution in [1.82, 2.24) is 4.90 Å². The molecule has 1 aliphatic rings. The van der Waals surface area contributed by atoms with Crippen molar-refractivity contribution < 1.29 is 24.5 Å². The lowest BCUT2D eigenvalue weighted by atomic mass is 9.95. The van der Waals surface area contributed by atoms with Crippen LogP contribution in [-0.2, 0) is 9.53 Å². The zero-order valence-electron chi connectivity index (χ0n) is 15.8. The number of aromatic hydroxyl groups is 1. The molecule has 0 saturated heterocycles. The van der Waals surface area contributed by atoms with Crippen LogP contribution in [0.15, 0.2) is 53.1 Å². The fraction of sp³-hybridized carbons (Fsp3) is 0.333. The lowest BCUT2D eigenvalue weighted by Gasteiger charge is -2.27. The molecule has 3 rings (SSSR count). The summed E-state index contributed by atoms with van der Waals surface area (Å²) >= 11 is 1.26. The number of phenols is 1. The molecule has 0 fully saturated rings. The van der Waals surface area contributed by atoms with E-state index in [4.69, 9.17) is 4.74 Å². The first-order valence-corrected chi connectivity index (χ1v) is 10.0. The summed E-state index contributed by atoms with van der Waals surface area (Å²) < 4.78 is 5.54. The molecule has 28 heavy (non-hydrogen) atoms. The predicted octanol–water partition coefficient (Wildman–Crippen LogP) is 3.85. The number of Topliss-reactive ketones (excluding diaryl/α,β-unsaturated/α-hetero) is 1. The van der Waals surface area contributed by atoms with Gasteiger partial charge in [0.1, 0.15) is 5.75 Å². The normalized spacial score (nSPS) is 17.0. The number of carbonyl (C=O) groups excluding carboxylic acids is 2. The quantitative estimate of drug-likeness (QED) is 0.518. The highest BCUT2D eigenvalue weighted by Crippen LogP contribution is 2.39. The average Bonchev–Trinajstić information content (AvgIpc) is 3.28. The van der Waals surface area contributed by atoms with E-state index in [9.17, 15) is 19.8 Å². The summed E-state index contributed by atoms with van der Waals surface area (Å²) in [6, 6.07) is 9.04. The molecule has 0 aliphatic carbocycles. The monoisotopic (exact) mass is 401 g/mol. The lowest BCUT2D eigenvalue weighted by Crippen LogP contribution is -2.32. The van der Waals surface area contributed by atoms with Gasteiger partial charge in [-0.05, 0) is 49.4 Å². The van der Waals surface area contributed by atoms with Crippen molar-refractivity contribution in [1.29, 1.82) is 0 Å². The highest BCUT2D eigenvalue weighted by atomic mass is 32.1. The van der Waals surface area contributed by atoms with Gasteiger partial charge in [0.25, 0.3) is 5.91 Å². The predicted molar refractivity (Wildman–Crippen MR) is 107 cm³/mol. The van der Waals surface area contributed by atoms with Gasteiger partial charge in [-0.1, -0.05) is 18.2 Å². The molecule has 0 radical (unpaired) electrons. The van der Waals surface area contributed by atoms with Crippen LogP contribution < -0.4 is 0 Å². The van der Waals surface area contributed by atoms with Crippen LogP contribution in [0.4, 0.5) is 0 Å². The number of ketones is 1. The number of aliphatic hydroxyl groups excluding tert-OH is 1. The Morgan fingerprint density at radius 1 is 1.21 bits per heavy atom. The van der Waals surface area contributed by atoms with Crippen LogP contribution in [0.2, 0.25) is 0 Å². The summed E-state index contributed by atoms with van der Waals surface area (Å²) in [5.41, 5.74) is 0.725. The number of amides is 1. The molecule has 2 aromatic rings. The van der Waals surface area contributed by atoms with E-state index in [0.717, 1.165) is 0 Å².